The van der Waals surface area contributed by atoms with Crippen molar-refractivity contribution in [1.82, 2.24) is 4.31 Å². The number of nitro groups is 1. The molecule has 1 N–H and O–H groups in total. The van der Waals surface area contributed by atoms with Crippen molar-refractivity contribution in [1.29, 1.82) is 0 Å². The summed E-state index contributed by atoms with van der Waals surface area (Å²) in [5, 5.41) is 13.9. The molecule has 1 heterocycles. The predicted molar refractivity (Wildman–Crippen MR) is 110 cm³/mol. The molecular formula is C20H23N3O5S. The number of carbonyl (C=O) groups is 1. The molecule has 1 aliphatic heterocycles. The van der Waals surface area contributed by atoms with E-state index in [9.17, 15) is 23.3 Å². The smallest absolute Gasteiger partial charge is 0.285 e. The second kappa shape index (κ2) is 8.30. The lowest BCUT2D eigenvalue weighted by Gasteiger charge is -2.26. The standard InChI is InChI=1S/C20H23N3O5S/c1-14-9-10-16(13-18(14)29(27,28)22-11-4-3-5-12-22)21-20(24)17-8-6-7-15(2)19(17)23(25)26/h6-10,13H,3-5,11-12H2,1-2H3,(H,21,24). The molecule has 0 radical (unpaired) electrons. The number of nitro benzene ring substituents is 1. The minimum atomic E-state index is -3.67. The first kappa shape index (κ1) is 20.9. The van der Waals surface area contributed by atoms with Gasteiger partial charge in [-0.3, -0.25) is 14.9 Å². The SMILES string of the molecule is Cc1ccc(NC(=O)c2cccc(C)c2[N+](=O)[O-])cc1S(=O)(=O)N1CCCCC1. The van der Waals surface area contributed by atoms with Crippen molar-refractivity contribution in [3.63, 3.8) is 0 Å². The second-order valence-corrected chi connectivity index (χ2v) is 9.03. The molecule has 8 nitrogen and oxygen atoms in total. The maximum atomic E-state index is 13.0. The summed E-state index contributed by atoms with van der Waals surface area (Å²) in [7, 11) is -3.67. The maximum absolute atomic E-state index is 13.0. The topological polar surface area (TPSA) is 110 Å². The molecule has 2 aromatic rings. The van der Waals surface area contributed by atoms with Crippen molar-refractivity contribution in [3.8, 4) is 0 Å². The molecule has 1 fully saturated rings. The normalized spacial score (nSPS) is 15.1. The number of carbonyl (C=O) groups excluding carboxylic acids is 1. The molecule has 0 saturated carbocycles. The first-order valence-corrected chi connectivity index (χ1v) is 10.8. The molecule has 0 aromatic heterocycles. The summed E-state index contributed by atoms with van der Waals surface area (Å²) in [6.45, 7) is 4.22. The molecule has 1 aliphatic rings. The average molecular weight is 417 g/mol. The first-order valence-electron chi connectivity index (χ1n) is 9.38. The van der Waals surface area contributed by atoms with Crippen LogP contribution in [0.25, 0.3) is 0 Å². The van der Waals surface area contributed by atoms with Crippen LogP contribution in [0.3, 0.4) is 0 Å². The highest BCUT2D eigenvalue weighted by atomic mass is 32.2. The summed E-state index contributed by atoms with van der Waals surface area (Å²) in [5.74, 6) is -0.662. The zero-order chi connectivity index (χ0) is 21.2. The number of anilines is 1. The first-order chi connectivity index (χ1) is 13.7. The minimum Gasteiger partial charge on any atom is -0.322 e. The highest BCUT2D eigenvalue weighted by Crippen LogP contribution is 2.28. The average Bonchev–Trinajstić information content (AvgIpc) is 2.69. The van der Waals surface area contributed by atoms with E-state index >= 15 is 0 Å². The molecule has 9 heteroatoms. The second-order valence-electron chi connectivity index (χ2n) is 7.13. The fourth-order valence-electron chi connectivity index (χ4n) is 3.48. The Bertz CT molecular complexity index is 1060. The Labute approximate surface area is 169 Å². The van der Waals surface area contributed by atoms with E-state index in [1.54, 1.807) is 38.1 Å². The lowest BCUT2D eigenvalue weighted by molar-refractivity contribution is -0.385. The van der Waals surface area contributed by atoms with Crippen LogP contribution in [0.15, 0.2) is 41.3 Å². The Morgan fingerprint density at radius 3 is 2.41 bits per heavy atom. The minimum absolute atomic E-state index is 0.0731. The van der Waals surface area contributed by atoms with Gasteiger partial charge in [0.2, 0.25) is 10.0 Å². The van der Waals surface area contributed by atoms with Crippen molar-refractivity contribution in [3.05, 3.63) is 63.2 Å². The number of piperidine rings is 1. The quantitative estimate of drug-likeness (QED) is 0.590. The molecule has 1 saturated heterocycles. The number of hydrogen-bond donors (Lipinski definition) is 1. The van der Waals surface area contributed by atoms with E-state index in [0.717, 1.165) is 19.3 Å². The van der Waals surface area contributed by atoms with Crippen molar-refractivity contribution < 1.29 is 18.1 Å². The van der Waals surface area contributed by atoms with Gasteiger partial charge in [-0.25, -0.2) is 8.42 Å². The summed E-state index contributed by atoms with van der Waals surface area (Å²) >= 11 is 0. The summed E-state index contributed by atoms with van der Waals surface area (Å²) in [4.78, 5) is 23.6. The molecule has 154 valence electrons. The molecule has 0 spiro atoms. The summed E-state index contributed by atoms with van der Waals surface area (Å²) < 4.78 is 27.5. The molecule has 0 bridgehead atoms. The van der Waals surface area contributed by atoms with E-state index in [2.05, 4.69) is 5.32 Å². The van der Waals surface area contributed by atoms with Crippen LogP contribution in [-0.4, -0.2) is 36.6 Å². The monoisotopic (exact) mass is 417 g/mol. The highest BCUT2D eigenvalue weighted by molar-refractivity contribution is 7.89. The van der Waals surface area contributed by atoms with E-state index in [1.807, 2.05) is 0 Å². The molecule has 0 unspecified atom stereocenters. The Morgan fingerprint density at radius 2 is 1.76 bits per heavy atom. The van der Waals surface area contributed by atoms with Gasteiger partial charge >= 0.3 is 0 Å². The lowest BCUT2D eigenvalue weighted by Crippen LogP contribution is -2.36. The van der Waals surface area contributed by atoms with Gasteiger partial charge < -0.3 is 5.32 Å². The third kappa shape index (κ3) is 4.30. The van der Waals surface area contributed by atoms with Crippen LogP contribution in [0.5, 0.6) is 0 Å². The number of rotatable bonds is 5. The van der Waals surface area contributed by atoms with Gasteiger partial charge in [0.15, 0.2) is 0 Å². The van der Waals surface area contributed by atoms with Crippen LogP contribution >= 0.6 is 0 Å². The molecule has 1 amide bonds. The number of benzene rings is 2. The molecular weight excluding hydrogens is 394 g/mol. The number of aryl methyl sites for hydroxylation is 2. The summed E-state index contributed by atoms with van der Waals surface area (Å²) in [6, 6.07) is 9.13. The van der Waals surface area contributed by atoms with Gasteiger partial charge in [0.05, 0.1) is 9.82 Å². The molecule has 0 aliphatic carbocycles. The third-order valence-corrected chi connectivity index (χ3v) is 7.08. The van der Waals surface area contributed by atoms with E-state index in [1.165, 1.54) is 16.4 Å². The van der Waals surface area contributed by atoms with Crippen molar-refractivity contribution in [2.45, 2.75) is 38.0 Å². The summed E-state index contributed by atoms with van der Waals surface area (Å²) in [5.41, 5.74) is 0.885. The van der Waals surface area contributed by atoms with Gasteiger partial charge in [-0.05, 0) is 50.5 Å². The van der Waals surface area contributed by atoms with E-state index < -0.39 is 20.9 Å². The zero-order valence-electron chi connectivity index (χ0n) is 16.3. The number of sulfonamides is 1. The molecule has 3 rings (SSSR count). The maximum Gasteiger partial charge on any atom is 0.285 e. The van der Waals surface area contributed by atoms with Crippen LogP contribution in [0.2, 0.25) is 0 Å². The van der Waals surface area contributed by atoms with Crippen molar-refractivity contribution >= 4 is 27.3 Å². The van der Waals surface area contributed by atoms with E-state index in [0.29, 0.717) is 24.2 Å². The van der Waals surface area contributed by atoms with E-state index in [-0.39, 0.29) is 21.8 Å². The third-order valence-electron chi connectivity index (χ3n) is 5.04. The van der Waals surface area contributed by atoms with Crippen molar-refractivity contribution in [2.24, 2.45) is 0 Å². The summed E-state index contributed by atoms with van der Waals surface area (Å²) in [6.07, 6.45) is 2.66. The van der Waals surface area contributed by atoms with Crippen LogP contribution in [0.4, 0.5) is 11.4 Å². The number of nitrogens with zero attached hydrogens (tertiary/aromatic N) is 2. The zero-order valence-corrected chi connectivity index (χ0v) is 17.2. The van der Waals surface area contributed by atoms with Gasteiger partial charge in [-0.1, -0.05) is 24.6 Å². The van der Waals surface area contributed by atoms with Gasteiger partial charge in [0.25, 0.3) is 11.6 Å². The van der Waals surface area contributed by atoms with Gasteiger partial charge in [0, 0.05) is 24.3 Å². The van der Waals surface area contributed by atoms with Gasteiger partial charge in [-0.15, -0.1) is 0 Å². The predicted octanol–water partition coefficient (Wildman–Crippen LogP) is 3.64. The highest BCUT2D eigenvalue weighted by Gasteiger charge is 2.28. The lowest BCUT2D eigenvalue weighted by atomic mass is 10.1. The molecule has 2 aromatic carbocycles. The van der Waals surface area contributed by atoms with Gasteiger partial charge in [0.1, 0.15) is 5.56 Å². The number of amides is 1. The molecule has 29 heavy (non-hydrogen) atoms. The Balaban J connectivity index is 1.92. The number of hydrogen-bond acceptors (Lipinski definition) is 5. The van der Waals surface area contributed by atoms with Crippen LogP contribution in [0.1, 0.15) is 40.7 Å². The van der Waals surface area contributed by atoms with Crippen LogP contribution < -0.4 is 5.32 Å². The Morgan fingerprint density at radius 1 is 1.07 bits per heavy atom. The Kier molecular flexibility index (Phi) is 5.99. The number of nitrogens with one attached hydrogen (secondary N) is 1. The van der Waals surface area contributed by atoms with Crippen LogP contribution in [0, 0.1) is 24.0 Å². The van der Waals surface area contributed by atoms with E-state index in [4.69, 9.17) is 0 Å². The largest absolute Gasteiger partial charge is 0.322 e. The number of para-hydroxylation sites is 1. The fourth-order valence-corrected chi connectivity index (χ4v) is 5.25. The fraction of sp³-hybridized carbons (Fsp3) is 0.350. The Hall–Kier alpha value is -2.78. The van der Waals surface area contributed by atoms with Crippen LogP contribution in [-0.2, 0) is 10.0 Å². The van der Waals surface area contributed by atoms with Gasteiger partial charge in [-0.2, -0.15) is 4.31 Å². The van der Waals surface area contributed by atoms with Crippen molar-refractivity contribution in [2.75, 3.05) is 18.4 Å². The molecule has 0 atom stereocenters.